The SMILES string of the molecule is COc1ccc(-c2[nH]c3ccccc3c2CCN)cc1OC. The number of nitrogens with two attached hydrogens (primary N) is 1. The van der Waals surface area contributed by atoms with E-state index in [-0.39, 0.29) is 0 Å². The predicted molar refractivity (Wildman–Crippen MR) is 89.6 cm³/mol. The number of ether oxygens (including phenoxy) is 2. The topological polar surface area (TPSA) is 60.3 Å². The first-order chi connectivity index (χ1) is 10.8. The van der Waals surface area contributed by atoms with Gasteiger partial charge in [0.25, 0.3) is 0 Å². The molecule has 0 aliphatic heterocycles. The second-order valence-corrected chi connectivity index (χ2v) is 5.13. The molecule has 1 heterocycles. The van der Waals surface area contributed by atoms with E-state index in [1.807, 2.05) is 24.3 Å². The zero-order valence-electron chi connectivity index (χ0n) is 12.8. The number of nitrogens with one attached hydrogen (secondary N) is 1. The number of benzene rings is 2. The highest BCUT2D eigenvalue weighted by Gasteiger charge is 2.14. The van der Waals surface area contributed by atoms with Crippen LogP contribution in [0, 0.1) is 0 Å². The van der Waals surface area contributed by atoms with Crippen molar-refractivity contribution < 1.29 is 9.47 Å². The molecule has 0 spiro atoms. The second-order valence-electron chi connectivity index (χ2n) is 5.13. The zero-order chi connectivity index (χ0) is 15.5. The summed E-state index contributed by atoms with van der Waals surface area (Å²) in [4.78, 5) is 3.50. The fourth-order valence-electron chi connectivity index (χ4n) is 2.84. The van der Waals surface area contributed by atoms with Crippen LogP contribution in [-0.4, -0.2) is 25.7 Å². The van der Waals surface area contributed by atoms with Crippen molar-refractivity contribution in [2.45, 2.75) is 6.42 Å². The molecule has 3 rings (SSSR count). The van der Waals surface area contributed by atoms with Crippen LogP contribution in [0.25, 0.3) is 22.2 Å². The van der Waals surface area contributed by atoms with Gasteiger partial charge in [0, 0.05) is 22.2 Å². The van der Waals surface area contributed by atoms with Gasteiger partial charge in [-0.25, -0.2) is 0 Å². The lowest BCUT2D eigenvalue weighted by Gasteiger charge is -2.10. The molecule has 0 fully saturated rings. The lowest BCUT2D eigenvalue weighted by atomic mass is 10.0. The van der Waals surface area contributed by atoms with Gasteiger partial charge < -0.3 is 20.2 Å². The van der Waals surface area contributed by atoms with Gasteiger partial charge in [0.05, 0.1) is 14.2 Å². The van der Waals surface area contributed by atoms with Crippen LogP contribution in [0.4, 0.5) is 0 Å². The van der Waals surface area contributed by atoms with E-state index in [1.54, 1.807) is 14.2 Å². The van der Waals surface area contributed by atoms with Crippen LogP contribution in [0.1, 0.15) is 5.56 Å². The molecule has 4 heteroatoms. The number of aromatic amines is 1. The molecule has 3 aromatic rings. The maximum atomic E-state index is 5.80. The summed E-state index contributed by atoms with van der Waals surface area (Å²) in [5.41, 5.74) is 10.3. The first-order valence-electron chi connectivity index (χ1n) is 7.30. The van der Waals surface area contributed by atoms with Gasteiger partial charge in [-0.3, -0.25) is 0 Å². The van der Waals surface area contributed by atoms with E-state index in [0.29, 0.717) is 6.54 Å². The van der Waals surface area contributed by atoms with Crippen molar-refractivity contribution in [3.63, 3.8) is 0 Å². The minimum Gasteiger partial charge on any atom is -0.493 e. The van der Waals surface area contributed by atoms with Gasteiger partial charge >= 0.3 is 0 Å². The van der Waals surface area contributed by atoms with E-state index < -0.39 is 0 Å². The van der Waals surface area contributed by atoms with Crippen molar-refractivity contribution in [3.8, 4) is 22.8 Å². The molecule has 0 saturated carbocycles. The molecule has 0 atom stereocenters. The molecule has 0 saturated heterocycles. The number of hydrogen-bond acceptors (Lipinski definition) is 3. The number of fused-ring (bicyclic) bond motifs is 1. The van der Waals surface area contributed by atoms with Crippen molar-refractivity contribution in [3.05, 3.63) is 48.0 Å². The fraction of sp³-hybridized carbons (Fsp3) is 0.222. The van der Waals surface area contributed by atoms with Gasteiger partial charge in [0.1, 0.15) is 0 Å². The highest BCUT2D eigenvalue weighted by Crippen LogP contribution is 2.35. The number of para-hydroxylation sites is 1. The Balaban J connectivity index is 2.19. The summed E-state index contributed by atoms with van der Waals surface area (Å²) >= 11 is 0. The van der Waals surface area contributed by atoms with Crippen molar-refractivity contribution in [1.82, 2.24) is 4.98 Å². The van der Waals surface area contributed by atoms with Crippen molar-refractivity contribution in [2.75, 3.05) is 20.8 Å². The summed E-state index contributed by atoms with van der Waals surface area (Å²) in [6, 6.07) is 14.2. The van der Waals surface area contributed by atoms with E-state index in [4.69, 9.17) is 15.2 Å². The molecule has 0 amide bonds. The Bertz CT molecular complexity index is 793. The third kappa shape index (κ3) is 2.42. The van der Waals surface area contributed by atoms with Crippen LogP contribution < -0.4 is 15.2 Å². The van der Waals surface area contributed by atoms with Gasteiger partial charge in [0.2, 0.25) is 0 Å². The van der Waals surface area contributed by atoms with Crippen molar-refractivity contribution in [1.29, 1.82) is 0 Å². The van der Waals surface area contributed by atoms with Crippen LogP contribution in [0.2, 0.25) is 0 Å². The minimum absolute atomic E-state index is 0.613. The van der Waals surface area contributed by atoms with Gasteiger partial charge in [-0.2, -0.15) is 0 Å². The molecule has 114 valence electrons. The minimum atomic E-state index is 0.613. The normalized spacial score (nSPS) is 10.9. The summed E-state index contributed by atoms with van der Waals surface area (Å²) in [7, 11) is 3.29. The Morgan fingerprint density at radius 2 is 1.77 bits per heavy atom. The molecular formula is C18H20N2O2. The molecule has 3 N–H and O–H groups in total. The summed E-state index contributed by atoms with van der Waals surface area (Å²) in [6.07, 6.45) is 0.827. The smallest absolute Gasteiger partial charge is 0.161 e. The summed E-state index contributed by atoms with van der Waals surface area (Å²) in [5.74, 6) is 1.44. The molecule has 4 nitrogen and oxygen atoms in total. The fourth-order valence-corrected chi connectivity index (χ4v) is 2.84. The average Bonchev–Trinajstić information content (AvgIpc) is 2.93. The number of aromatic nitrogens is 1. The van der Waals surface area contributed by atoms with E-state index in [9.17, 15) is 0 Å². The maximum Gasteiger partial charge on any atom is 0.161 e. The molecule has 0 aliphatic rings. The molecule has 22 heavy (non-hydrogen) atoms. The van der Waals surface area contributed by atoms with Crippen LogP contribution >= 0.6 is 0 Å². The first-order valence-corrected chi connectivity index (χ1v) is 7.30. The molecular weight excluding hydrogens is 276 g/mol. The van der Waals surface area contributed by atoms with Gasteiger partial charge in [-0.05, 0) is 42.8 Å². The molecule has 2 aromatic carbocycles. The molecule has 0 aliphatic carbocycles. The Morgan fingerprint density at radius 1 is 1.00 bits per heavy atom. The highest BCUT2D eigenvalue weighted by molar-refractivity contribution is 5.91. The molecule has 0 bridgehead atoms. The van der Waals surface area contributed by atoms with Crippen LogP contribution in [-0.2, 0) is 6.42 Å². The van der Waals surface area contributed by atoms with E-state index in [0.717, 1.165) is 34.7 Å². The quantitative estimate of drug-likeness (QED) is 0.759. The van der Waals surface area contributed by atoms with Crippen molar-refractivity contribution in [2.24, 2.45) is 5.73 Å². The van der Waals surface area contributed by atoms with Gasteiger partial charge in [-0.1, -0.05) is 18.2 Å². The van der Waals surface area contributed by atoms with E-state index in [1.165, 1.54) is 10.9 Å². The maximum absolute atomic E-state index is 5.80. The number of rotatable bonds is 5. The largest absolute Gasteiger partial charge is 0.493 e. The van der Waals surface area contributed by atoms with Crippen LogP contribution in [0.15, 0.2) is 42.5 Å². The molecule has 1 aromatic heterocycles. The van der Waals surface area contributed by atoms with Gasteiger partial charge in [-0.15, -0.1) is 0 Å². The standard InChI is InChI=1S/C18H20N2O2/c1-21-16-8-7-12(11-17(16)22-2)18-14(9-10-19)13-5-3-4-6-15(13)20-18/h3-8,11,20H,9-10,19H2,1-2H3. The van der Waals surface area contributed by atoms with Crippen LogP contribution in [0.5, 0.6) is 11.5 Å². The first kappa shape index (κ1) is 14.5. The number of hydrogen-bond donors (Lipinski definition) is 2. The third-order valence-electron chi connectivity index (χ3n) is 3.88. The average molecular weight is 296 g/mol. The van der Waals surface area contributed by atoms with Crippen LogP contribution in [0.3, 0.4) is 0 Å². The number of methoxy groups -OCH3 is 2. The van der Waals surface area contributed by atoms with E-state index >= 15 is 0 Å². The van der Waals surface area contributed by atoms with Gasteiger partial charge in [0.15, 0.2) is 11.5 Å². The highest BCUT2D eigenvalue weighted by atomic mass is 16.5. The predicted octanol–water partition coefficient (Wildman–Crippen LogP) is 3.35. The second kappa shape index (κ2) is 6.12. The zero-order valence-corrected chi connectivity index (χ0v) is 12.8. The Kier molecular flexibility index (Phi) is 4.02. The summed E-state index contributed by atoms with van der Waals surface area (Å²) in [6.45, 7) is 0.613. The molecule has 0 radical (unpaired) electrons. The third-order valence-corrected chi connectivity index (χ3v) is 3.88. The molecule has 0 unspecified atom stereocenters. The Labute approximate surface area is 129 Å². The lowest BCUT2D eigenvalue weighted by molar-refractivity contribution is 0.355. The van der Waals surface area contributed by atoms with E-state index in [2.05, 4.69) is 23.2 Å². The summed E-state index contributed by atoms with van der Waals surface area (Å²) < 4.78 is 10.7. The lowest BCUT2D eigenvalue weighted by Crippen LogP contribution is -2.03. The Hall–Kier alpha value is -2.46. The van der Waals surface area contributed by atoms with Crippen molar-refractivity contribution >= 4 is 10.9 Å². The monoisotopic (exact) mass is 296 g/mol. The number of H-pyrrole nitrogens is 1. The summed E-state index contributed by atoms with van der Waals surface area (Å²) in [5, 5.41) is 1.22. The Morgan fingerprint density at radius 3 is 2.50 bits per heavy atom.